The number of piperazine rings is 1. The summed E-state index contributed by atoms with van der Waals surface area (Å²) in [5, 5.41) is 0. The normalized spacial score (nSPS) is 16.2. The summed E-state index contributed by atoms with van der Waals surface area (Å²) in [6, 6.07) is 10.6. The van der Waals surface area contributed by atoms with Gasteiger partial charge in [0.05, 0.1) is 7.11 Å². The highest BCUT2D eigenvalue weighted by atomic mass is 79.9. The molecule has 0 unspecified atom stereocenters. The fourth-order valence-electron chi connectivity index (χ4n) is 2.68. The number of nitrogens with zero attached hydrogens (tertiary/aromatic N) is 3. The Bertz CT molecular complexity index is 804. The van der Waals surface area contributed by atoms with Gasteiger partial charge in [-0.05, 0) is 40.2 Å². The van der Waals surface area contributed by atoms with Crippen LogP contribution >= 0.6 is 15.9 Å². The predicted molar refractivity (Wildman–Crippen MR) is 95.9 cm³/mol. The van der Waals surface area contributed by atoms with Gasteiger partial charge in [0.15, 0.2) is 0 Å². The fourth-order valence-corrected chi connectivity index (χ4v) is 4.50. The molecule has 0 bridgehead atoms. The molecule has 0 saturated carbocycles. The number of aromatic nitrogens is 1. The van der Waals surface area contributed by atoms with Crippen molar-refractivity contribution < 1.29 is 13.2 Å². The van der Waals surface area contributed by atoms with Gasteiger partial charge in [-0.2, -0.15) is 4.31 Å². The minimum absolute atomic E-state index is 0.211. The Morgan fingerprint density at radius 1 is 1.08 bits per heavy atom. The van der Waals surface area contributed by atoms with E-state index in [1.165, 1.54) is 11.4 Å². The molecule has 3 rings (SSSR count). The summed E-state index contributed by atoms with van der Waals surface area (Å²) in [5.41, 5.74) is 0. The van der Waals surface area contributed by atoms with Crippen LogP contribution in [0.5, 0.6) is 5.75 Å². The molecular formula is C16H18BrN3O3S. The van der Waals surface area contributed by atoms with Crippen molar-refractivity contribution in [2.24, 2.45) is 0 Å². The summed E-state index contributed by atoms with van der Waals surface area (Å²) in [4.78, 5) is 6.66. The number of methoxy groups -OCH3 is 1. The molecule has 2 heterocycles. The summed E-state index contributed by atoms with van der Waals surface area (Å²) >= 11 is 3.36. The lowest BCUT2D eigenvalue weighted by Crippen LogP contribution is -2.48. The number of benzene rings is 1. The van der Waals surface area contributed by atoms with Gasteiger partial charge in [-0.3, -0.25) is 0 Å². The number of hydrogen-bond donors (Lipinski definition) is 0. The Balaban J connectivity index is 1.75. The van der Waals surface area contributed by atoms with E-state index in [-0.39, 0.29) is 4.90 Å². The zero-order valence-electron chi connectivity index (χ0n) is 13.2. The number of anilines is 1. The Hall–Kier alpha value is -1.64. The zero-order chi connectivity index (χ0) is 17.2. The van der Waals surface area contributed by atoms with Crippen LogP contribution in [0.15, 0.2) is 52.0 Å². The Morgan fingerprint density at radius 2 is 1.79 bits per heavy atom. The predicted octanol–water partition coefficient (Wildman–Crippen LogP) is 2.36. The maximum Gasteiger partial charge on any atom is 0.246 e. The van der Waals surface area contributed by atoms with Gasteiger partial charge in [0.1, 0.15) is 16.5 Å². The topological polar surface area (TPSA) is 62.7 Å². The van der Waals surface area contributed by atoms with Crippen LogP contribution in [0.1, 0.15) is 0 Å². The highest BCUT2D eigenvalue weighted by Gasteiger charge is 2.30. The number of hydrogen-bond acceptors (Lipinski definition) is 5. The molecule has 6 nitrogen and oxygen atoms in total. The van der Waals surface area contributed by atoms with Crippen LogP contribution in [-0.4, -0.2) is 51.0 Å². The second kappa shape index (κ2) is 7.08. The molecule has 1 aromatic carbocycles. The summed E-state index contributed by atoms with van der Waals surface area (Å²) < 4.78 is 33.3. The van der Waals surface area contributed by atoms with Crippen LogP contribution in [-0.2, 0) is 10.0 Å². The molecule has 0 aliphatic carbocycles. The van der Waals surface area contributed by atoms with Crippen molar-refractivity contribution in [1.82, 2.24) is 9.29 Å². The first-order valence-electron chi connectivity index (χ1n) is 7.52. The molecular weight excluding hydrogens is 394 g/mol. The summed E-state index contributed by atoms with van der Waals surface area (Å²) in [5.74, 6) is 1.22. The van der Waals surface area contributed by atoms with Crippen molar-refractivity contribution in [1.29, 1.82) is 0 Å². The van der Waals surface area contributed by atoms with Gasteiger partial charge in [0.2, 0.25) is 10.0 Å². The second-order valence-corrected chi connectivity index (χ2v) is 8.20. The molecule has 24 heavy (non-hydrogen) atoms. The summed E-state index contributed by atoms with van der Waals surface area (Å²) in [6.45, 7) is 2.03. The minimum atomic E-state index is -3.56. The van der Waals surface area contributed by atoms with E-state index in [1.54, 1.807) is 30.5 Å². The van der Waals surface area contributed by atoms with Crippen LogP contribution in [0.4, 0.5) is 5.82 Å². The van der Waals surface area contributed by atoms with E-state index in [2.05, 4.69) is 25.8 Å². The lowest BCUT2D eigenvalue weighted by atomic mass is 10.3. The van der Waals surface area contributed by atoms with Gasteiger partial charge < -0.3 is 9.64 Å². The molecule has 1 fully saturated rings. The zero-order valence-corrected chi connectivity index (χ0v) is 15.6. The molecule has 0 radical (unpaired) electrons. The quantitative estimate of drug-likeness (QED) is 0.772. The molecule has 0 atom stereocenters. The molecule has 0 spiro atoms. The van der Waals surface area contributed by atoms with Crippen LogP contribution < -0.4 is 9.64 Å². The third-order valence-electron chi connectivity index (χ3n) is 3.96. The molecule has 2 aromatic rings. The first-order valence-corrected chi connectivity index (χ1v) is 9.75. The molecule has 1 aliphatic rings. The first kappa shape index (κ1) is 17.2. The van der Waals surface area contributed by atoms with E-state index >= 15 is 0 Å². The lowest BCUT2D eigenvalue weighted by Gasteiger charge is -2.34. The van der Waals surface area contributed by atoms with E-state index < -0.39 is 10.0 Å². The average molecular weight is 412 g/mol. The Morgan fingerprint density at radius 3 is 2.42 bits per heavy atom. The van der Waals surface area contributed by atoms with Crippen molar-refractivity contribution >= 4 is 31.8 Å². The number of halogens is 1. The third kappa shape index (κ3) is 3.40. The lowest BCUT2D eigenvalue weighted by molar-refractivity contribution is 0.373. The second-order valence-electron chi connectivity index (χ2n) is 5.38. The SMILES string of the molecule is COc1ccccc1S(=O)(=O)N1CCN(c2ccc(Br)cn2)CC1. The van der Waals surface area contributed by atoms with Crippen molar-refractivity contribution in [3.63, 3.8) is 0 Å². The number of para-hydroxylation sites is 1. The van der Waals surface area contributed by atoms with E-state index in [0.29, 0.717) is 31.9 Å². The van der Waals surface area contributed by atoms with Crippen LogP contribution in [0.25, 0.3) is 0 Å². The maximum absolute atomic E-state index is 12.9. The molecule has 0 N–H and O–H groups in total. The monoisotopic (exact) mass is 411 g/mol. The van der Waals surface area contributed by atoms with E-state index in [9.17, 15) is 8.42 Å². The van der Waals surface area contributed by atoms with Gasteiger partial charge in [-0.15, -0.1) is 0 Å². The average Bonchev–Trinajstić information content (AvgIpc) is 2.62. The summed E-state index contributed by atoms with van der Waals surface area (Å²) in [7, 11) is -2.09. The Labute approximate surface area is 150 Å². The largest absolute Gasteiger partial charge is 0.495 e. The molecule has 1 aliphatic heterocycles. The third-order valence-corrected chi connectivity index (χ3v) is 6.37. The van der Waals surface area contributed by atoms with Crippen molar-refractivity contribution in [2.45, 2.75) is 4.90 Å². The fraction of sp³-hybridized carbons (Fsp3) is 0.312. The molecule has 128 valence electrons. The first-order chi connectivity index (χ1) is 11.5. The molecule has 1 aromatic heterocycles. The van der Waals surface area contributed by atoms with Gasteiger partial charge in [-0.1, -0.05) is 12.1 Å². The van der Waals surface area contributed by atoms with Crippen LogP contribution in [0, 0.1) is 0 Å². The van der Waals surface area contributed by atoms with E-state index in [0.717, 1.165) is 10.3 Å². The van der Waals surface area contributed by atoms with Crippen LogP contribution in [0.3, 0.4) is 0 Å². The highest BCUT2D eigenvalue weighted by molar-refractivity contribution is 9.10. The van der Waals surface area contributed by atoms with Gasteiger partial charge in [-0.25, -0.2) is 13.4 Å². The molecule has 0 amide bonds. The van der Waals surface area contributed by atoms with Crippen molar-refractivity contribution in [3.8, 4) is 5.75 Å². The van der Waals surface area contributed by atoms with Crippen LogP contribution in [0.2, 0.25) is 0 Å². The molecule has 8 heteroatoms. The van der Waals surface area contributed by atoms with Crippen molar-refractivity contribution in [3.05, 3.63) is 47.1 Å². The van der Waals surface area contributed by atoms with Gasteiger partial charge in [0, 0.05) is 36.8 Å². The standard InChI is InChI=1S/C16H18BrN3O3S/c1-23-14-4-2-3-5-15(14)24(21,22)20-10-8-19(9-11-20)16-7-6-13(17)12-18-16/h2-7,12H,8-11H2,1H3. The number of ether oxygens (including phenoxy) is 1. The smallest absolute Gasteiger partial charge is 0.246 e. The van der Waals surface area contributed by atoms with E-state index in [1.807, 2.05) is 12.1 Å². The Kier molecular flexibility index (Phi) is 5.07. The molecule has 1 saturated heterocycles. The van der Waals surface area contributed by atoms with Gasteiger partial charge >= 0.3 is 0 Å². The highest BCUT2D eigenvalue weighted by Crippen LogP contribution is 2.27. The van der Waals surface area contributed by atoms with Gasteiger partial charge in [0.25, 0.3) is 0 Å². The van der Waals surface area contributed by atoms with Crippen molar-refractivity contribution in [2.75, 3.05) is 38.2 Å². The number of sulfonamides is 1. The maximum atomic E-state index is 12.9. The number of pyridine rings is 1. The minimum Gasteiger partial charge on any atom is -0.495 e. The van der Waals surface area contributed by atoms with E-state index in [4.69, 9.17) is 4.74 Å². The summed E-state index contributed by atoms with van der Waals surface area (Å²) in [6.07, 6.45) is 1.74. The number of rotatable bonds is 4.